The van der Waals surface area contributed by atoms with E-state index in [0.717, 1.165) is 10.8 Å². The van der Waals surface area contributed by atoms with Crippen molar-refractivity contribution in [2.75, 3.05) is 5.32 Å². The molecule has 2 aromatic rings. The van der Waals surface area contributed by atoms with Crippen LogP contribution in [0.1, 0.15) is 5.69 Å². The molecule has 0 aliphatic carbocycles. The van der Waals surface area contributed by atoms with E-state index >= 15 is 0 Å². The smallest absolute Gasteiger partial charge is 0.208 e. The number of rotatable bonds is 3. The van der Waals surface area contributed by atoms with Gasteiger partial charge in [0.2, 0.25) is 9.60 Å². The second kappa shape index (κ2) is 3.93. The van der Waals surface area contributed by atoms with Gasteiger partial charge in [0.15, 0.2) is 0 Å². The van der Waals surface area contributed by atoms with Gasteiger partial charge in [-0.15, -0.1) is 10.2 Å². The fraction of sp³-hybridized carbons (Fsp3) is 0.286. The van der Waals surface area contributed by atoms with Gasteiger partial charge in [-0.05, 0) is 17.7 Å². The Morgan fingerprint density at radius 2 is 2.43 bits per heavy atom. The molecule has 0 unspecified atom stereocenters. The molecule has 0 amide bonds. The Morgan fingerprint density at radius 3 is 3.00 bits per heavy atom. The molecule has 0 saturated heterocycles. The molecule has 1 N–H and O–H groups in total. The van der Waals surface area contributed by atoms with E-state index in [0.29, 0.717) is 11.0 Å². The molecule has 14 heavy (non-hydrogen) atoms. The van der Waals surface area contributed by atoms with Gasteiger partial charge in [-0.1, -0.05) is 11.3 Å². The molecule has 2 heterocycles. The van der Waals surface area contributed by atoms with Gasteiger partial charge in [0.05, 0.1) is 12.2 Å². The summed E-state index contributed by atoms with van der Waals surface area (Å²) in [5.74, 6) is 0. The highest BCUT2D eigenvalue weighted by Crippen LogP contribution is 2.19. The first-order chi connectivity index (χ1) is 6.75. The largest absolute Gasteiger partial charge is 0.354 e. The second-order valence-corrected chi connectivity index (χ2v) is 4.22. The van der Waals surface area contributed by atoms with Crippen molar-refractivity contribution in [3.8, 4) is 0 Å². The summed E-state index contributed by atoms with van der Waals surface area (Å²) in [6.45, 7) is 0.669. The average Bonchev–Trinajstić information content (AvgIpc) is 2.72. The van der Waals surface area contributed by atoms with Crippen LogP contribution in [0.2, 0.25) is 4.47 Å². The van der Waals surface area contributed by atoms with Crippen LogP contribution in [0.15, 0.2) is 12.3 Å². The number of hydrogen-bond acceptors (Lipinski definition) is 5. The van der Waals surface area contributed by atoms with E-state index in [-0.39, 0.29) is 0 Å². The maximum atomic E-state index is 5.64. The molecule has 0 aromatic carbocycles. The first kappa shape index (κ1) is 9.42. The molecule has 5 nitrogen and oxygen atoms in total. The molecular weight excluding hydrogens is 222 g/mol. The van der Waals surface area contributed by atoms with Gasteiger partial charge in [-0.2, -0.15) is 5.10 Å². The maximum absolute atomic E-state index is 5.64. The van der Waals surface area contributed by atoms with Crippen molar-refractivity contribution in [1.82, 2.24) is 20.0 Å². The van der Waals surface area contributed by atoms with Crippen LogP contribution in [0.3, 0.4) is 0 Å². The highest BCUT2D eigenvalue weighted by Gasteiger charge is 2.02. The van der Waals surface area contributed by atoms with Gasteiger partial charge >= 0.3 is 0 Å². The van der Waals surface area contributed by atoms with Crippen LogP contribution >= 0.6 is 22.9 Å². The molecule has 0 radical (unpaired) electrons. The normalized spacial score (nSPS) is 10.4. The van der Waals surface area contributed by atoms with Crippen LogP contribution in [0, 0.1) is 0 Å². The van der Waals surface area contributed by atoms with E-state index in [1.807, 2.05) is 13.1 Å². The van der Waals surface area contributed by atoms with Crippen LogP contribution in [0.25, 0.3) is 0 Å². The van der Waals surface area contributed by atoms with Gasteiger partial charge in [-0.25, -0.2) is 0 Å². The first-order valence-corrected chi connectivity index (χ1v) is 5.15. The molecule has 0 atom stereocenters. The number of halogens is 1. The third kappa shape index (κ3) is 2.02. The van der Waals surface area contributed by atoms with E-state index in [2.05, 4.69) is 20.6 Å². The quantitative estimate of drug-likeness (QED) is 0.868. The molecule has 0 saturated carbocycles. The Hall–Kier alpha value is -1.14. The van der Waals surface area contributed by atoms with Crippen LogP contribution in [0.5, 0.6) is 0 Å². The molecule has 0 spiro atoms. The predicted molar refractivity (Wildman–Crippen MR) is 55.5 cm³/mol. The van der Waals surface area contributed by atoms with Crippen LogP contribution in [-0.4, -0.2) is 20.0 Å². The molecule has 0 bridgehead atoms. The Morgan fingerprint density at radius 1 is 1.57 bits per heavy atom. The first-order valence-electron chi connectivity index (χ1n) is 3.95. The Labute approximate surface area is 89.7 Å². The van der Waals surface area contributed by atoms with E-state index in [1.165, 1.54) is 11.3 Å². The summed E-state index contributed by atoms with van der Waals surface area (Å²) in [6, 6.07) is 1.94. The lowest BCUT2D eigenvalue weighted by Crippen LogP contribution is -2.05. The van der Waals surface area contributed by atoms with Gasteiger partial charge in [0.25, 0.3) is 0 Å². The SMILES string of the molecule is Cn1nccc1CNc1nnc(Cl)s1. The Kier molecular flexibility index (Phi) is 2.64. The van der Waals surface area contributed by atoms with Gasteiger partial charge in [0, 0.05) is 13.2 Å². The summed E-state index contributed by atoms with van der Waals surface area (Å²) in [5.41, 5.74) is 1.08. The summed E-state index contributed by atoms with van der Waals surface area (Å²) in [5, 5.41) is 15.4. The highest BCUT2D eigenvalue weighted by atomic mass is 35.5. The zero-order valence-electron chi connectivity index (χ0n) is 7.44. The Bertz CT molecular complexity index is 423. The van der Waals surface area contributed by atoms with E-state index in [1.54, 1.807) is 10.9 Å². The summed E-state index contributed by atoms with van der Waals surface area (Å²) in [6.07, 6.45) is 1.75. The minimum absolute atomic E-state index is 0.442. The van der Waals surface area contributed by atoms with Gasteiger partial charge in [0.1, 0.15) is 0 Å². The highest BCUT2D eigenvalue weighted by molar-refractivity contribution is 7.18. The maximum Gasteiger partial charge on any atom is 0.208 e. The van der Waals surface area contributed by atoms with E-state index < -0.39 is 0 Å². The zero-order valence-corrected chi connectivity index (χ0v) is 9.01. The molecule has 2 aromatic heterocycles. The summed E-state index contributed by atoms with van der Waals surface area (Å²) in [7, 11) is 1.89. The molecule has 0 aliphatic rings. The van der Waals surface area contributed by atoms with Crippen molar-refractivity contribution in [2.24, 2.45) is 7.05 Å². The lowest BCUT2D eigenvalue weighted by molar-refractivity contribution is 0.720. The number of hydrogen-bond donors (Lipinski definition) is 1. The number of nitrogens with zero attached hydrogens (tertiary/aromatic N) is 4. The van der Waals surface area contributed by atoms with Crippen LogP contribution in [0.4, 0.5) is 5.13 Å². The number of nitrogens with one attached hydrogen (secondary N) is 1. The van der Waals surface area contributed by atoms with E-state index in [9.17, 15) is 0 Å². The number of anilines is 1. The predicted octanol–water partition coefficient (Wildman–Crippen LogP) is 1.54. The summed E-state index contributed by atoms with van der Waals surface area (Å²) in [4.78, 5) is 0. The fourth-order valence-corrected chi connectivity index (χ4v) is 1.74. The lowest BCUT2D eigenvalue weighted by atomic mass is 10.4. The molecule has 74 valence electrons. The average molecular weight is 230 g/mol. The summed E-state index contributed by atoms with van der Waals surface area (Å²) >= 11 is 6.96. The fourth-order valence-electron chi connectivity index (χ4n) is 1.02. The Balaban J connectivity index is 1.98. The van der Waals surface area contributed by atoms with Crippen molar-refractivity contribution >= 4 is 28.1 Å². The topological polar surface area (TPSA) is 55.6 Å². The lowest BCUT2D eigenvalue weighted by Gasteiger charge is -2.01. The number of aryl methyl sites for hydroxylation is 1. The minimum Gasteiger partial charge on any atom is -0.354 e. The second-order valence-electron chi connectivity index (χ2n) is 2.66. The molecular formula is C7H8ClN5S. The van der Waals surface area contributed by atoms with Gasteiger partial charge in [-0.3, -0.25) is 4.68 Å². The number of aromatic nitrogens is 4. The standard InChI is InChI=1S/C7H8ClN5S/c1-13-5(2-3-10-13)4-9-7-12-11-6(8)14-7/h2-3H,4H2,1H3,(H,9,12). The zero-order chi connectivity index (χ0) is 9.97. The molecule has 0 fully saturated rings. The van der Waals surface area contributed by atoms with Crippen molar-refractivity contribution < 1.29 is 0 Å². The van der Waals surface area contributed by atoms with Crippen LogP contribution in [-0.2, 0) is 13.6 Å². The monoisotopic (exact) mass is 229 g/mol. The van der Waals surface area contributed by atoms with Crippen molar-refractivity contribution in [3.05, 3.63) is 22.4 Å². The summed E-state index contributed by atoms with van der Waals surface area (Å²) < 4.78 is 2.24. The third-order valence-corrected chi connectivity index (χ3v) is 2.72. The molecule has 7 heteroatoms. The molecule has 0 aliphatic heterocycles. The van der Waals surface area contributed by atoms with Crippen molar-refractivity contribution in [1.29, 1.82) is 0 Å². The van der Waals surface area contributed by atoms with Gasteiger partial charge < -0.3 is 5.32 Å². The minimum atomic E-state index is 0.442. The van der Waals surface area contributed by atoms with E-state index in [4.69, 9.17) is 11.6 Å². The van der Waals surface area contributed by atoms with Crippen molar-refractivity contribution in [3.63, 3.8) is 0 Å². The van der Waals surface area contributed by atoms with Crippen LogP contribution < -0.4 is 5.32 Å². The third-order valence-electron chi connectivity index (χ3n) is 1.74. The van der Waals surface area contributed by atoms with Crippen molar-refractivity contribution in [2.45, 2.75) is 6.54 Å². The molecule has 2 rings (SSSR count).